The lowest BCUT2D eigenvalue weighted by Crippen LogP contribution is -2.61. The first kappa shape index (κ1) is 73.8. The Bertz CT molecular complexity index is 2880. The van der Waals surface area contributed by atoms with Crippen LogP contribution in [0.5, 0.6) is 5.75 Å². The first-order valence-corrected chi connectivity index (χ1v) is 29.5. The molecule has 34 heteroatoms. The van der Waals surface area contributed by atoms with Gasteiger partial charge in [0.1, 0.15) is 54.1 Å². The molecule has 33 nitrogen and oxygen atoms in total. The number of guanidine groups is 1. The predicted molar refractivity (Wildman–Crippen MR) is 322 cm³/mol. The number of aromatic nitrogens is 2. The third kappa shape index (κ3) is 27.9. The number of carbonyl (C=O) groups is 12. The van der Waals surface area contributed by atoms with Crippen LogP contribution in [0.25, 0.3) is 0 Å². The maximum Gasteiger partial charge on any atom is 0.326 e. The van der Waals surface area contributed by atoms with Crippen molar-refractivity contribution in [3.63, 3.8) is 0 Å². The number of aliphatic imine (C=N–C) groups is 1. The van der Waals surface area contributed by atoms with Gasteiger partial charge in [0.05, 0.1) is 37.9 Å². The van der Waals surface area contributed by atoms with Crippen LogP contribution in [0, 0.1) is 0 Å². The number of hydrogen-bond donors (Lipinski definition) is 19. The number of aliphatic hydroxyl groups is 1. The molecule has 488 valence electrons. The molecule has 0 unspecified atom stereocenters. The Hall–Kier alpha value is -9.41. The molecule has 0 bridgehead atoms. The molecule has 10 atom stereocenters. The number of hydrogen-bond acceptors (Lipinski definition) is 19. The van der Waals surface area contributed by atoms with E-state index in [2.05, 4.69) is 62.8 Å². The van der Waals surface area contributed by atoms with Crippen molar-refractivity contribution in [3.8, 4) is 5.75 Å². The minimum absolute atomic E-state index is 0.0299. The van der Waals surface area contributed by atoms with E-state index in [4.69, 9.17) is 28.7 Å². The fourth-order valence-corrected chi connectivity index (χ4v) is 8.96. The van der Waals surface area contributed by atoms with E-state index in [0.29, 0.717) is 30.4 Å². The van der Waals surface area contributed by atoms with Crippen LogP contribution in [0.1, 0.15) is 75.1 Å². The third-order valence-electron chi connectivity index (χ3n) is 13.2. The number of phenols is 1. The number of primary amides is 1. The molecular formula is C55H81N17O16S. The van der Waals surface area contributed by atoms with Crippen LogP contribution in [0.2, 0.25) is 0 Å². The summed E-state index contributed by atoms with van der Waals surface area (Å²) in [6.45, 7) is 0.590. The monoisotopic (exact) mass is 1270 g/mol. The number of nitrogens with zero attached hydrogens (tertiary/aromatic N) is 2. The topological polar surface area (TPSA) is 565 Å². The zero-order valence-electron chi connectivity index (χ0n) is 49.1. The van der Waals surface area contributed by atoms with Gasteiger partial charge in [0.2, 0.25) is 59.1 Å². The van der Waals surface area contributed by atoms with E-state index < -0.39 is 151 Å². The normalized spacial score (nSPS) is 14.3. The summed E-state index contributed by atoms with van der Waals surface area (Å²) in [6, 6.07) is -0.245. The molecular weight excluding hydrogens is 1190 g/mol. The summed E-state index contributed by atoms with van der Waals surface area (Å²) >= 11 is 1.30. The van der Waals surface area contributed by atoms with E-state index in [0.717, 1.165) is 6.92 Å². The highest BCUT2D eigenvalue weighted by atomic mass is 32.2. The number of carbonyl (C=O) groups excluding carboxylic acids is 10. The summed E-state index contributed by atoms with van der Waals surface area (Å²) < 4.78 is 0. The maximum atomic E-state index is 14.2. The predicted octanol–water partition coefficient (Wildman–Crippen LogP) is -5.78. The zero-order valence-corrected chi connectivity index (χ0v) is 49.9. The van der Waals surface area contributed by atoms with Gasteiger partial charge in [0.15, 0.2) is 5.96 Å². The number of imidazole rings is 1. The first-order valence-electron chi connectivity index (χ1n) is 28.1. The lowest BCUT2D eigenvalue weighted by molar-refractivity contribution is -0.142. The second-order valence-corrected chi connectivity index (χ2v) is 21.5. The van der Waals surface area contributed by atoms with Crippen molar-refractivity contribution in [2.75, 3.05) is 31.6 Å². The quantitative estimate of drug-likeness (QED) is 0.0143. The molecule has 3 aromatic rings. The van der Waals surface area contributed by atoms with Crippen LogP contribution in [-0.2, 0) is 76.8 Å². The van der Waals surface area contributed by atoms with Gasteiger partial charge in [-0.3, -0.25) is 57.7 Å². The first-order chi connectivity index (χ1) is 42.2. The summed E-state index contributed by atoms with van der Waals surface area (Å²) in [7, 11) is 0. The number of amides is 10. The van der Waals surface area contributed by atoms with Crippen molar-refractivity contribution in [1.29, 1.82) is 0 Å². The maximum absolute atomic E-state index is 14.2. The number of carboxylic acid groups (broad SMARTS) is 2. The Labute approximate surface area is 515 Å². The van der Waals surface area contributed by atoms with Gasteiger partial charge < -0.3 is 102 Å². The summed E-state index contributed by atoms with van der Waals surface area (Å²) in [6.07, 6.45) is 1.10. The molecule has 0 saturated heterocycles. The molecule has 2 aromatic carbocycles. The number of unbranched alkanes of at least 4 members (excludes halogenated alkanes) is 1. The number of phenolic OH excluding ortho intramolecular Hbond substituents is 1. The van der Waals surface area contributed by atoms with Crippen LogP contribution in [-0.4, -0.2) is 199 Å². The van der Waals surface area contributed by atoms with E-state index in [1.165, 1.54) is 48.6 Å². The molecule has 1 heterocycles. The highest BCUT2D eigenvalue weighted by Crippen LogP contribution is 2.14. The Morgan fingerprint density at radius 1 is 0.607 bits per heavy atom. The molecule has 0 aliphatic rings. The molecule has 0 spiro atoms. The number of nitrogens with one attached hydrogen (secondary N) is 10. The van der Waals surface area contributed by atoms with Crippen molar-refractivity contribution < 1.29 is 78.0 Å². The average Bonchev–Trinajstić information content (AvgIpc) is 3.38. The van der Waals surface area contributed by atoms with Crippen LogP contribution >= 0.6 is 11.8 Å². The van der Waals surface area contributed by atoms with Gasteiger partial charge in [-0.1, -0.05) is 42.5 Å². The smallest absolute Gasteiger partial charge is 0.326 e. The molecule has 10 amide bonds. The number of rotatable bonds is 41. The number of thioether (sulfide) groups is 1. The number of aromatic amines is 1. The van der Waals surface area contributed by atoms with Gasteiger partial charge in [-0.2, -0.15) is 11.8 Å². The number of benzene rings is 2. The van der Waals surface area contributed by atoms with Gasteiger partial charge in [-0.05, 0) is 87.3 Å². The van der Waals surface area contributed by atoms with E-state index in [1.807, 2.05) is 0 Å². The van der Waals surface area contributed by atoms with Gasteiger partial charge in [0.25, 0.3) is 0 Å². The summed E-state index contributed by atoms with van der Waals surface area (Å²) in [5, 5.41) is 61.5. The van der Waals surface area contributed by atoms with E-state index in [1.54, 1.807) is 36.6 Å². The lowest BCUT2D eigenvalue weighted by Gasteiger charge is -2.27. The van der Waals surface area contributed by atoms with Gasteiger partial charge in [-0.25, -0.2) is 9.78 Å². The third-order valence-corrected chi connectivity index (χ3v) is 13.8. The minimum atomic E-state index is -2.01. The van der Waals surface area contributed by atoms with E-state index in [9.17, 15) is 78.0 Å². The largest absolute Gasteiger partial charge is 0.508 e. The number of aliphatic hydroxyl groups excluding tert-OH is 1. The highest BCUT2D eigenvalue weighted by molar-refractivity contribution is 7.98. The molecule has 0 radical (unpaired) electrons. The molecule has 0 aliphatic heterocycles. The van der Waals surface area contributed by atoms with E-state index in [-0.39, 0.29) is 74.8 Å². The van der Waals surface area contributed by atoms with Crippen LogP contribution in [0.4, 0.5) is 0 Å². The van der Waals surface area contributed by atoms with Crippen molar-refractivity contribution in [2.24, 2.45) is 33.7 Å². The summed E-state index contributed by atoms with van der Waals surface area (Å²) in [4.78, 5) is 171. The summed E-state index contributed by atoms with van der Waals surface area (Å²) in [5.41, 5.74) is 29.2. The summed E-state index contributed by atoms with van der Waals surface area (Å²) in [5.74, 6) is -13.5. The lowest BCUT2D eigenvalue weighted by atomic mass is 10.0. The van der Waals surface area contributed by atoms with Crippen LogP contribution in [0.15, 0.2) is 72.1 Å². The molecule has 3 rings (SSSR count). The molecule has 89 heavy (non-hydrogen) atoms. The van der Waals surface area contributed by atoms with Crippen molar-refractivity contribution >= 4 is 88.7 Å². The van der Waals surface area contributed by atoms with Gasteiger partial charge in [-0.15, -0.1) is 0 Å². The van der Waals surface area contributed by atoms with Crippen LogP contribution in [0.3, 0.4) is 0 Å². The van der Waals surface area contributed by atoms with Crippen molar-refractivity contribution in [2.45, 2.75) is 138 Å². The van der Waals surface area contributed by atoms with Crippen molar-refractivity contribution in [3.05, 3.63) is 83.9 Å². The molecule has 24 N–H and O–H groups in total. The Morgan fingerprint density at radius 2 is 1.15 bits per heavy atom. The number of carboxylic acids is 2. The second-order valence-electron chi connectivity index (χ2n) is 20.5. The minimum Gasteiger partial charge on any atom is -0.508 e. The number of nitrogens with two attached hydrogens (primary N) is 5. The van der Waals surface area contributed by atoms with Crippen molar-refractivity contribution in [1.82, 2.24) is 57.8 Å². The SMILES string of the molecule is CSCC[C@H](NC(=O)[C@@H](NC(=O)[C@H](Cc1cnc[nH]1)NC(=O)CNC(=O)[C@H](CC(=O)O)NC(=O)[C@H](CC(N)=O)NC(=O)[C@H](Cc1ccccc1)NC(=O)[C@H](CCCCN)NC(=O)[C@@H](N)CCCN=C(N)N)[C@@H](C)O)C(=O)N[C@@H](Cc1ccc(O)cc1)C(=O)O. The number of H-pyrrole nitrogens is 1. The Morgan fingerprint density at radius 3 is 1.72 bits per heavy atom. The van der Waals surface area contributed by atoms with Crippen LogP contribution < -0.4 is 76.5 Å². The molecule has 1 aromatic heterocycles. The molecule has 0 fully saturated rings. The average molecular weight is 1270 g/mol. The Balaban J connectivity index is 1.80. The Kier molecular flexibility index (Phi) is 32.1. The van der Waals surface area contributed by atoms with E-state index >= 15 is 0 Å². The second kappa shape index (κ2) is 38.7. The van der Waals surface area contributed by atoms with Gasteiger partial charge >= 0.3 is 11.9 Å². The fraction of sp³-hybridized carbons (Fsp3) is 0.491. The molecule has 0 saturated carbocycles. The molecule has 0 aliphatic carbocycles. The highest BCUT2D eigenvalue weighted by Gasteiger charge is 2.36. The fourth-order valence-electron chi connectivity index (χ4n) is 8.49. The standard InChI is InChI=1S/C55H81N17O16S/c1-29(73)45(53(86)67-36(17-20-89-2)49(82)71-41(54(87)88)22-31-13-15-33(74)16-14-31)72-52(85)38(23-32-26-61-28-64-32)65-43(76)27-63-47(80)40(25-44(77)78)70-51(84)39(24-42(58)75)69-50(83)37(21-30-9-4-3-5-10-30)68-48(81)35(12-6-7-18-56)66-46(79)34(57)11-8-19-62-55(59)60/h3-5,9-10,13-16,26,28-29,34-41,45,73-74H,6-8,11-12,17-25,27,56-57H2,1-2H3,(H2,58,75)(H,61,64)(H,63,80)(H,65,76)(H,66,79)(H,67,86)(H,68,81)(H,69,83)(H,70,84)(H,71,82)(H,72,85)(H,77,78)(H,87,88)(H4,59,60,62)/t29-,34+,35+,36+,37+,38+,39+,40+,41+,45+/m1/s1. The number of aromatic hydroxyl groups is 1. The van der Waals surface area contributed by atoms with Gasteiger partial charge in [0, 0.05) is 37.7 Å². The number of aliphatic carboxylic acids is 2. The zero-order chi connectivity index (χ0) is 66.2.